The number of imidazole rings is 1. The number of amides is 1. The number of aromatic nitrogens is 3. The van der Waals surface area contributed by atoms with Crippen LogP contribution >= 0.6 is 11.6 Å². The molecule has 1 saturated heterocycles. The van der Waals surface area contributed by atoms with E-state index in [0.717, 1.165) is 41.1 Å². The molecule has 1 spiro atoms. The third-order valence-electron chi connectivity index (χ3n) is 7.08. The van der Waals surface area contributed by atoms with E-state index < -0.39 is 6.17 Å². The normalized spacial score (nSPS) is 17.2. The molecular formula is C26H25ClFN5O. The number of alkyl halides is 1. The number of anilines is 1. The first-order valence-electron chi connectivity index (χ1n) is 11.7. The van der Waals surface area contributed by atoms with Crippen molar-refractivity contribution in [1.29, 1.82) is 0 Å². The number of nitrogens with one attached hydrogen (secondary N) is 1. The van der Waals surface area contributed by atoms with E-state index in [1.165, 1.54) is 0 Å². The van der Waals surface area contributed by atoms with Gasteiger partial charge in [-0.05, 0) is 61.2 Å². The van der Waals surface area contributed by atoms with Crippen LogP contribution in [-0.4, -0.2) is 39.5 Å². The van der Waals surface area contributed by atoms with Gasteiger partial charge in [0.1, 0.15) is 23.3 Å². The molecular weight excluding hydrogens is 453 g/mol. The number of benzene rings is 1. The average Bonchev–Trinajstić information content (AvgIpc) is 3.16. The fourth-order valence-electron chi connectivity index (χ4n) is 5.33. The van der Waals surface area contributed by atoms with E-state index in [-0.39, 0.29) is 11.3 Å². The highest BCUT2D eigenvalue weighted by molar-refractivity contribution is 6.30. The first-order valence-corrected chi connectivity index (χ1v) is 12.0. The van der Waals surface area contributed by atoms with Gasteiger partial charge in [0.15, 0.2) is 0 Å². The Balaban J connectivity index is 1.16. The van der Waals surface area contributed by atoms with Crippen LogP contribution < -0.4 is 10.2 Å². The van der Waals surface area contributed by atoms with Gasteiger partial charge in [-0.2, -0.15) is 0 Å². The summed E-state index contributed by atoms with van der Waals surface area (Å²) in [5.41, 5.74) is 4.05. The second-order valence-corrected chi connectivity index (χ2v) is 10.0. The van der Waals surface area contributed by atoms with Gasteiger partial charge < -0.3 is 10.2 Å². The molecule has 0 bridgehead atoms. The predicted octanol–water partition coefficient (Wildman–Crippen LogP) is 4.97. The molecule has 1 aromatic carbocycles. The molecule has 4 aromatic rings. The maximum atomic E-state index is 13.3. The summed E-state index contributed by atoms with van der Waals surface area (Å²) in [7, 11) is 0. The van der Waals surface area contributed by atoms with E-state index in [9.17, 15) is 9.18 Å². The Morgan fingerprint density at radius 3 is 2.76 bits per heavy atom. The molecule has 1 aliphatic heterocycles. The van der Waals surface area contributed by atoms with E-state index in [1.54, 1.807) is 16.7 Å². The summed E-state index contributed by atoms with van der Waals surface area (Å²) in [6, 6.07) is 13.7. The first kappa shape index (κ1) is 21.4. The molecule has 0 unspecified atom stereocenters. The topological polar surface area (TPSA) is 62.5 Å². The van der Waals surface area contributed by atoms with Crippen LogP contribution in [0.4, 0.5) is 10.2 Å². The van der Waals surface area contributed by atoms with Gasteiger partial charge in [-0.3, -0.25) is 9.20 Å². The van der Waals surface area contributed by atoms with Crippen LogP contribution in [-0.2, 0) is 13.0 Å². The lowest BCUT2D eigenvalue weighted by molar-refractivity contribution is 0.000471. The highest BCUT2D eigenvalue weighted by atomic mass is 35.5. The average molecular weight is 478 g/mol. The lowest BCUT2D eigenvalue weighted by atomic mass is 9.62. The molecule has 0 atom stereocenters. The summed E-state index contributed by atoms with van der Waals surface area (Å²) in [6.45, 7) is 4.16. The Morgan fingerprint density at radius 2 is 2.00 bits per heavy atom. The number of carbonyl (C=O) groups excluding carboxylic acids is 1. The number of carbonyl (C=O) groups is 1. The van der Waals surface area contributed by atoms with E-state index in [2.05, 4.69) is 27.3 Å². The van der Waals surface area contributed by atoms with Crippen molar-refractivity contribution in [1.82, 2.24) is 19.7 Å². The molecule has 174 valence electrons. The molecule has 1 aliphatic carbocycles. The molecule has 1 saturated carbocycles. The minimum atomic E-state index is -0.621. The van der Waals surface area contributed by atoms with E-state index in [1.807, 2.05) is 31.2 Å². The highest BCUT2D eigenvalue weighted by Crippen LogP contribution is 2.50. The van der Waals surface area contributed by atoms with E-state index in [0.29, 0.717) is 42.2 Å². The molecule has 1 amide bonds. The molecule has 2 fully saturated rings. The zero-order chi connectivity index (χ0) is 23.4. The minimum Gasteiger partial charge on any atom is -0.355 e. The Hall–Kier alpha value is -3.19. The third kappa shape index (κ3) is 3.59. The number of pyridine rings is 2. The van der Waals surface area contributed by atoms with Gasteiger partial charge in [-0.15, -0.1) is 0 Å². The van der Waals surface area contributed by atoms with Crippen molar-refractivity contribution in [3.05, 3.63) is 70.6 Å². The van der Waals surface area contributed by atoms with Crippen LogP contribution in [0.5, 0.6) is 0 Å². The van der Waals surface area contributed by atoms with Crippen molar-refractivity contribution < 1.29 is 9.18 Å². The largest absolute Gasteiger partial charge is 0.355 e. The number of rotatable bonds is 5. The number of halogens is 2. The number of aryl methyl sites for hydroxylation is 1. The second kappa shape index (κ2) is 7.94. The second-order valence-electron chi connectivity index (χ2n) is 9.58. The summed E-state index contributed by atoms with van der Waals surface area (Å²) >= 11 is 6.15. The molecule has 2 aliphatic rings. The fourth-order valence-corrected chi connectivity index (χ4v) is 5.49. The van der Waals surface area contributed by atoms with E-state index in [4.69, 9.17) is 16.6 Å². The van der Waals surface area contributed by atoms with Crippen molar-refractivity contribution in [2.45, 2.75) is 38.9 Å². The summed E-state index contributed by atoms with van der Waals surface area (Å²) in [5, 5.41) is 4.60. The Kier molecular flexibility index (Phi) is 4.99. The highest BCUT2D eigenvalue weighted by Gasteiger charge is 2.53. The Bertz CT molecular complexity index is 1420. The van der Waals surface area contributed by atoms with Crippen LogP contribution in [0.25, 0.3) is 16.6 Å². The first-order chi connectivity index (χ1) is 16.4. The van der Waals surface area contributed by atoms with E-state index >= 15 is 0 Å². The molecule has 3 aromatic heterocycles. The van der Waals surface area contributed by atoms with Gasteiger partial charge in [0.25, 0.3) is 5.91 Å². The monoisotopic (exact) mass is 477 g/mol. The van der Waals surface area contributed by atoms with Gasteiger partial charge in [0.05, 0.1) is 16.2 Å². The molecule has 1 N–H and O–H groups in total. The standard InChI is InChI=1S/C26H25ClFN5O/c1-2-20-24(33-13-18(27)5-8-23(33)30-20)25(34)29-12-16-3-6-21-17(9-16)4-7-22(31-21)32-14-26(15-32)10-19(28)11-26/h3-9,13,19H,2,10-12,14-15H2,1H3,(H,29,34). The van der Waals surface area contributed by atoms with Gasteiger partial charge in [-0.25, -0.2) is 14.4 Å². The number of nitrogens with zero attached hydrogens (tertiary/aromatic N) is 4. The quantitative estimate of drug-likeness (QED) is 0.441. The SMILES string of the molecule is CCc1nc2ccc(Cl)cn2c1C(=O)NCc1ccc2nc(N3CC4(CC(F)C4)C3)ccc2c1. The summed E-state index contributed by atoms with van der Waals surface area (Å²) in [6.07, 6.45) is 3.13. The van der Waals surface area contributed by atoms with Crippen molar-refractivity contribution in [2.24, 2.45) is 5.41 Å². The van der Waals surface area contributed by atoms with Gasteiger partial charge >= 0.3 is 0 Å². The van der Waals surface area contributed by atoms with Crippen LogP contribution in [0, 0.1) is 5.41 Å². The van der Waals surface area contributed by atoms with Crippen LogP contribution in [0.15, 0.2) is 48.7 Å². The van der Waals surface area contributed by atoms with Crippen LogP contribution in [0.3, 0.4) is 0 Å². The number of hydrogen-bond acceptors (Lipinski definition) is 4. The zero-order valence-electron chi connectivity index (χ0n) is 18.9. The van der Waals surface area contributed by atoms with Gasteiger partial charge in [0, 0.05) is 36.6 Å². The maximum absolute atomic E-state index is 13.3. The van der Waals surface area contributed by atoms with Gasteiger partial charge in [0.2, 0.25) is 0 Å². The molecule has 8 heteroatoms. The Labute approximate surface area is 201 Å². The lowest BCUT2D eigenvalue weighted by Gasteiger charge is -2.57. The smallest absolute Gasteiger partial charge is 0.270 e. The van der Waals surface area contributed by atoms with Gasteiger partial charge in [-0.1, -0.05) is 24.6 Å². The van der Waals surface area contributed by atoms with Crippen molar-refractivity contribution in [3.8, 4) is 0 Å². The van der Waals surface area contributed by atoms with Crippen LogP contribution in [0.1, 0.15) is 41.5 Å². The fraction of sp³-hybridized carbons (Fsp3) is 0.346. The maximum Gasteiger partial charge on any atom is 0.270 e. The zero-order valence-corrected chi connectivity index (χ0v) is 19.6. The summed E-state index contributed by atoms with van der Waals surface area (Å²) in [4.78, 5) is 24.6. The Morgan fingerprint density at radius 1 is 1.18 bits per heavy atom. The van der Waals surface area contributed by atoms with Crippen molar-refractivity contribution in [2.75, 3.05) is 18.0 Å². The molecule has 34 heavy (non-hydrogen) atoms. The molecule has 0 radical (unpaired) electrons. The third-order valence-corrected chi connectivity index (χ3v) is 7.31. The van der Waals surface area contributed by atoms with Crippen LogP contribution in [0.2, 0.25) is 5.02 Å². The van der Waals surface area contributed by atoms with Crippen molar-refractivity contribution in [3.63, 3.8) is 0 Å². The summed E-state index contributed by atoms with van der Waals surface area (Å²) in [5.74, 6) is 0.762. The minimum absolute atomic E-state index is 0.182. The molecule has 6 nitrogen and oxygen atoms in total. The summed E-state index contributed by atoms with van der Waals surface area (Å²) < 4.78 is 15.0. The van der Waals surface area contributed by atoms with Crippen molar-refractivity contribution >= 4 is 39.9 Å². The number of fused-ring (bicyclic) bond motifs is 2. The molecule has 6 rings (SSSR count). The number of hydrogen-bond donors (Lipinski definition) is 1. The molecule has 4 heterocycles. The lowest BCUT2D eigenvalue weighted by Crippen LogP contribution is -2.63. The predicted molar refractivity (Wildman–Crippen MR) is 131 cm³/mol.